The molecule has 0 saturated carbocycles. The first kappa shape index (κ1) is 21.2. The molecule has 0 spiro atoms. The number of hydrogen-bond acceptors (Lipinski definition) is 8. The summed E-state index contributed by atoms with van der Waals surface area (Å²) in [6.45, 7) is 0.974. The van der Waals surface area contributed by atoms with Crippen LogP contribution >= 0.6 is 0 Å². The van der Waals surface area contributed by atoms with Crippen LogP contribution in [0.1, 0.15) is 23.8 Å². The molecule has 0 bridgehead atoms. The Balaban J connectivity index is 1.91. The van der Waals surface area contributed by atoms with E-state index >= 15 is 0 Å². The highest BCUT2D eigenvalue weighted by Gasteiger charge is 2.35. The van der Waals surface area contributed by atoms with Gasteiger partial charge in [0.25, 0.3) is 5.56 Å². The van der Waals surface area contributed by atoms with Crippen molar-refractivity contribution in [3.63, 3.8) is 0 Å². The fourth-order valence-electron chi connectivity index (χ4n) is 3.10. The Morgan fingerprint density at radius 3 is 2.48 bits per heavy atom. The van der Waals surface area contributed by atoms with Gasteiger partial charge in [-0.05, 0) is 24.6 Å². The van der Waals surface area contributed by atoms with E-state index in [1.54, 1.807) is 0 Å². The number of halogens is 1. The van der Waals surface area contributed by atoms with Gasteiger partial charge in [0.1, 0.15) is 18.1 Å². The minimum atomic E-state index is -5.16. The maximum Gasteiger partial charge on any atom is 0.488 e. The largest absolute Gasteiger partial charge is 0.488 e. The van der Waals surface area contributed by atoms with E-state index in [2.05, 4.69) is 4.18 Å². The van der Waals surface area contributed by atoms with Crippen LogP contribution < -0.4 is 15.4 Å². The number of aromatic nitrogens is 2. The molecule has 158 valence electrons. The molecule has 1 aromatic carbocycles. The topological polar surface area (TPSA) is 137 Å². The molecule has 12 heteroatoms. The van der Waals surface area contributed by atoms with Crippen molar-refractivity contribution in [1.82, 2.24) is 9.13 Å². The van der Waals surface area contributed by atoms with Gasteiger partial charge in [-0.25, -0.2) is 4.79 Å². The third kappa shape index (κ3) is 4.72. The Morgan fingerprint density at radius 1 is 1.28 bits per heavy atom. The summed E-state index contributed by atoms with van der Waals surface area (Å²) in [7, 11) is -5.16. The van der Waals surface area contributed by atoms with E-state index in [1.165, 1.54) is 42.0 Å². The zero-order valence-electron chi connectivity index (χ0n) is 15.3. The van der Waals surface area contributed by atoms with Gasteiger partial charge in [0.05, 0.1) is 19.3 Å². The number of hydrogen-bond donors (Lipinski definition) is 2. The zero-order chi connectivity index (χ0) is 21.3. The van der Waals surface area contributed by atoms with Crippen LogP contribution in [0.25, 0.3) is 0 Å². The second-order valence-electron chi connectivity index (χ2n) is 6.63. The van der Waals surface area contributed by atoms with E-state index in [0.29, 0.717) is 5.56 Å². The number of benzene rings is 1. The van der Waals surface area contributed by atoms with Crippen molar-refractivity contribution in [2.45, 2.75) is 38.3 Å². The average molecular weight is 430 g/mol. The van der Waals surface area contributed by atoms with E-state index in [0.717, 1.165) is 4.57 Å². The Morgan fingerprint density at radius 2 is 1.93 bits per heavy atom. The molecular weight excluding hydrogens is 411 g/mol. The standard InChI is InChI=1S/C17H19FN2O8S/c1-10-7-19(15-6-13(22)14(9-21)27-15)17(24)20(16(10)23)8-11-2-4-12(5-3-11)28-29(18,25)26/h2-5,7,13-15,21-22H,6,8-9H2,1H3/t13?,14-,15-/m1/s1. The first-order valence-corrected chi connectivity index (χ1v) is 9.90. The van der Waals surface area contributed by atoms with Gasteiger partial charge in [0, 0.05) is 18.2 Å². The first-order valence-electron chi connectivity index (χ1n) is 8.59. The molecule has 0 aliphatic carbocycles. The molecule has 0 radical (unpaired) electrons. The maximum absolute atomic E-state index is 12.8. The monoisotopic (exact) mass is 430 g/mol. The second kappa shape index (κ2) is 8.06. The van der Waals surface area contributed by atoms with Gasteiger partial charge in [0.2, 0.25) is 0 Å². The van der Waals surface area contributed by atoms with Crippen molar-refractivity contribution >= 4 is 10.5 Å². The average Bonchev–Trinajstić information content (AvgIpc) is 3.02. The van der Waals surface area contributed by atoms with Crippen LogP contribution in [0.5, 0.6) is 5.75 Å². The molecule has 0 amide bonds. The molecule has 3 rings (SSSR count). The highest BCUT2D eigenvalue weighted by Crippen LogP contribution is 2.27. The summed E-state index contributed by atoms with van der Waals surface area (Å²) >= 11 is 0. The van der Waals surface area contributed by atoms with Gasteiger partial charge in [-0.3, -0.25) is 13.9 Å². The number of aliphatic hydroxyl groups is 2. The predicted molar refractivity (Wildman–Crippen MR) is 97.5 cm³/mol. The van der Waals surface area contributed by atoms with Crippen LogP contribution in [0.3, 0.4) is 0 Å². The SMILES string of the molecule is Cc1cn([C@H]2CC(O)[C@@H](CO)O2)c(=O)n(Cc2ccc(OS(=O)(=O)F)cc2)c1=O. The number of nitrogens with zero attached hydrogens (tertiary/aromatic N) is 2. The lowest BCUT2D eigenvalue weighted by atomic mass is 10.2. The third-order valence-corrected chi connectivity index (χ3v) is 4.91. The van der Waals surface area contributed by atoms with Crippen molar-refractivity contribution < 1.29 is 31.4 Å². The van der Waals surface area contributed by atoms with Gasteiger partial charge in [0.15, 0.2) is 0 Å². The van der Waals surface area contributed by atoms with Gasteiger partial charge >= 0.3 is 16.2 Å². The Bertz CT molecular complexity index is 1110. The lowest BCUT2D eigenvalue weighted by Crippen LogP contribution is -2.42. The van der Waals surface area contributed by atoms with Gasteiger partial charge < -0.3 is 19.1 Å². The Kier molecular flexibility index (Phi) is 5.89. The summed E-state index contributed by atoms with van der Waals surface area (Å²) in [5, 5.41) is 19.1. The van der Waals surface area contributed by atoms with E-state index in [4.69, 9.17) is 4.74 Å². The van der Waals surface area contributed by atoms with Crippen LogP contribution in [0.2, 0.25) is 0 Å². The van der Waals surface area contributed by atoms with E-state index in [9.17, 15) is 32.1 Å². The quantitative estimate of drug-likeness (QED) is 0.591. The lowest BCUT2D eigenvalue weighted by molar-refractivity contribution is -0.0463. The Hall–Kier alpha value is -2.54. The number of rotatable bonds is 6. The first-order chi connectivity index (χ1) is 13.6. The molecule has 2 aromatic rings. The summed E-state index contributed by atoms with van der Waals surface area (Å²) in [6.07, 6.45) is -1.21. The maximum atomic E-state index is 12.8. The summed E-state index contributed by atoms with van der Waals surface area (Å²) < 4.78 is 45.3. The van der Waals surface area contributed by atoms with Crippen molar-refractivity contribution in [2.75, 3.05) is 6.61 Å². The van der Waals surface area contributed by atoms with E-state index in [1.807, 2.05) is 0 Å². The van der Waals surface area contributed by atoms with Crippen LogP contribution in [-0.2, 0) is 21.8 Å². The fraction of sp³-hybridized carbons (Fsp3) is 0.412. The normalized spacial score (nSPS) is 22.0. The van der Waals surface area contributed by atoms with Crippen LogP contribution in [-0.4, -0.2) is 46.6 Å². The molecule has 1 unspecified atom stereocenters. The van der Waals surface area contributed by atoms with E-state index in [-0.39, 0.29) is 24.3 Å². The number of aryl methyl sites for hydroxylation is 1. The van der Waals surface area contributed by atoms with Crippen molar-refractivity contribution in [3.8, 4) is 5.75 Å². The highest BCUT2D eigenvalue weighted by molar-refractivity contribution is 7.81. The summed E-state index contributed by atoms with van der Waals surface area (Å²) in [4.78, 5) is 25.3. The zero-order valence-corrected chi connectivity index (χ0v) is 16.1. The van der Waals surface area contributed by atoms with Gasteiger partial charge in [-0.2, -0.15) is 8.42 Å². The molecular formula is C17H19FN2O8S. The van der Waals surface area contributed by atoms with Crippen molar-refractivity contribution in [3.05, 3.63) is 62.4 Å². The van der Waals surface area contributed by atoms with E-state index < -0.39 is 46.8 Å². The third-order valence-electron chi connectivity index (χ3n) is 4.52. The smallest absolute Gasteiger partial charge is 0.394 e. The van der Waals surface area contributed by atoms with Crippen LogP contribution in [0.4, 0.5) is 3.89 Å². The Labute approximate surface area is 164 Å². The minimum absolute atomic E-state index is 0.0759. The van der Waals surface area contributed by atoms with Gasteiger partial charge in [-0.1, -0.05) is 16.0 Å². The van der Waals surface area contributed by atoms with Gasteiger partial charge in [-0.15, -0.1) is 0 Å². The molecule has 1 aliphatic rings. The summed E-state index contributed by atoms with van der Waals surface area (Å²) in [6, 6.07) is 5.15. The number of ether oxygens (including phenoxy) is 1. The molecule has 1 fully saturated rings. The molecule has 29 heavy (non-hydrogen) atoms. The molecule has 1 aliphatic heterocycles. The molecule has 2 N–H and O–H groups in total. The van der Waals surface area contributed by atoms with Crippen molar-refractivity contribution in [2.24, 2.45) is 0 Å². The highest BCUT2D eigenvalue weighted by atomic mass is 32.3. The van der Waals surface area contributed by atoms with Crippen LogP contribution in [0.15, 0.2) is 40.1 Å². The molecule has 1 saturated heterocycles. The van der Waals surface area contributed by atoms with Crippen molar-refractivity contribution in [1.29, 1.82) is 0 Å². The fourth-order valence-corrected chi connectivity index (χ4v) is 3.44. The minimum Gasteiger partial charge on any atom is -0.394 e. The predicted octanol–water partition coefficient (Wildman–Crippen LogP) is -0.399. The van der Waals surface area contributed by atoms with Crippen LogP contribution in [0, 0.1) is 6.92 Å². The number of aliphatic hydroxyl groups excluding tert-OH is 2. The molecule has 2 heterocycles. The molecule has 10 nitrogen and oxygen atoms in total. The lowest BCUT2D eigenvalue weighted by Gasteiger charge is -2.17. The molecule has 1 aromatic heterocycles. The summed E-state index contributed by atoms with van der Waals surface area (Å²) in [5.41, 5.74) is -0.484. The molecule has 3 atom stereocenters. The second-order valence-corrected chi connectivity index (χ2v) is 7.58. The summed E-state index contributed by atoms with van der Waals surface area (Å²) in [5.74, 6) is -0.256.